The molecule has 3 nitrogen and oxygen atoms in total. The van der Waals surface area contributed by atoms with E-state index in [4.69, 9.17) is 4.84 Å². The van der Waals surface area contributed by atoms with Crippen molar-refractivity contribution in [1.82, 2.24) is 9.96 Å². The third kappa shape index (κ3) is 2.80. The summed E-state index contributed by atoms with van der Waals surface area (Å²) >= 11 is 0. The summed E-state index contributed by atoms with van der Waals surface area (Å²) in [6.07, 6.45) is 6.28. The first-order valence-electron chi connectivity index (χ1n) is 4.11. The van der Waals surface area contributed by atoms with Gasteiger partial charge in [-0.25, -0.2) is 5.06 Å². The van der Waals surface area contributed by atoms with E-state index in [2.05, 4.69) is 11.8 Å². The van der Waals surface area contributed by atoms with Crippen LogP contribution in [0.4, 0.5) is 0 Å². The van der Waals surface area contributed by atoms with Gasteiger partial charge in [0, 0.05) is 19.4 Å². The van der Waals surface area contributed by atoms with Crippen molar-refractivity contribution in [3.8, 4) is 0 Å². The lowest BCUT2D eigenvalue weighted by Crippen LogP contribution is -2.23. The standard InChI is InChI=1S/C8H16N2O/c1-3-4-7-11-10-6-5-9(2)8-10/h5-6H,3-4,7-8H2,1-2H3. The second kappa shape index (κ2) is 4.23. The minimum absolute atomic E-state index is 0.828. The molecule has 64 valence electrons. The van der Waals surface area contributed by atoms with Gasteiger partial charge in [-0.15, -0.1) is 0 Å². The van der Waals surface area contributed by atoms with Crippen molar-refractivity contribution < 1.29 is 4.84 Å². The van der Waals surface area contributed by atoms with Crippen LogP contribution >= 0.6 is 0 Å². The van der Waals surface area contributed by atoms with Crippen LogP contribution in [0.5, 0.6) is 0 Å². The van der Waals surface area contributed by atoms with Crippen LogP contribution < -0.4 is 0 Å². The van der Waals surface area contributed by atoms with Crippen LogP contribution in [0.3, 0.4) is 0 Å². The maximum atomic E-state index is 5.42. The summed E-state index contributed by atoms with van der Waals surface area (Å²) in [7, 11) is 2.03. The highest BCUT2D eigenvalue weighted by molar-refractivity contribution is 4.84. The first-order chi connectivity index (χ1) is 5.33. The third-order valence-corrected chi connectivity index (χ3v) is 1.60. The predicted octanol–water partition coefficient (Wildman–Crippen LogP) is 1.39. The van der Waals surface area contributed by atoms with E-state index in [-0.39, 0.29) is 0 Å². The van der Waals surface area contributed by atoms with Gasteiger partial charge >= 0.3 is 0 Å². The summed E-state index contributed by atoms with van der Waals surface area (Å²) in [5.74, 6) is 0. The SMILES string of the molecule is CCCCON1C=CN(C)C1. The zero-order valence-electron chi connectivity index (χ0n) is 7.29. The Morgan fingerprint density at radius 1 is 1.45 bits per heavy atom. The van der Waals surface area contributed by atoms with E-state index in [1.807, 2.05) is 24.5 Å². The average Bonchev–Trinajstić information content (AvgIpc) is 2.37. The van der Waals surface area contributed by atoms with Crippen LogP contribution in [0.25, 0.3) is 0 Å². The lowest BCUT2D eigenvalue weighted by molar-refractivity contribution is -0.127. The Balaban J connectivity index is 2.05. The zero-order valence-corrected chi connectivity index (χ0v) is 7.29. The van der Waals surface area contributed by atoms with Crippen molar-refractivity contribution in [3.63, 3.8) is 0 Å². The molecule has 11 heavy (non-hydrogen) atoms. The van der Waals surface area contributed by atoms with Crippen LogP contribution in [-0.4, -0.2) is 30.3 Å². The molecule has 0 radical (unpaired) electrons. The molecule has 0 fully saturated rings. The summed E-state index contributed by atoms with van der Waals surface area (Å²) < 4.78 is 0. The van der Waals surface area contributed by atoms with E-state index >= 15 is 0 Å². The summed E-state index contributed by atoms with van der Waals surface area (Å²) in [5, 5.41) is 1.86. The smallest absolute Gasteiger partial charge is 0.115 e. The van der Waals surface area contributed by atoms with Crippen molar-refractivity contribution >= 4 is 0 Å². The van der Waals surface area contributed by atoms with Crippen molar-refractivity contribution in [1.29, 1.82) is 0 Å². The molecule has 0 N–H and O–H groups in total. The van der Waals surface area contributed by atoms with Gasteiger partial charge in [0.05, 0.1) is 6.61 Å². The quantitative estimate of drug-likeness (QED) is 0.572. The number of rotatable bonds is 4. The molecule has 0 bridgehead atoms. The molecule has 0 saturated carbocycles. The molecule has 0 aliphatic carbocycles. The number of hydrogen-bond acceptors (Lipinski definition) is 3. The molecule has 0 saturated heterocycles. The number of hydrogen-bond donors (Lipinski definition) is 0. The fraction of sp³-hybridized carbons (Fsp3) is 0.750. The maximum Gasteiger partial charge on any atom is 0.115 e. The molecule has 1 aliphatic heterocycles. The van der Waals surface area contributed by atoms with Crippen LogP contribution in [0.1, 0.15) is 19.8 Å². The number of nitrogens with zero attached hydrogens (tertiary/aromatic N) is 2. The van der Waals surface area contributed by atoms with Gasteiger partial charge in [0.2, 0.25) is 0 Å². The largest absolute Gasteiger partial charge is 0.360 e. The van der Waals surface area contributed by atoms with Crippen molar-refractivity contribution in [2.75, 3.05) is 20.3 Å². The van der Waals surface area contributed by atoms with Crippen molar-refractivity contribution in [2.45, 2.75) is 19.8 Å². The van der Waals surface area contributed by atoms with E-state index in [0.717, 1.165) is 19.7 Å². The molecule has 0 atom stereocenters. The molecule has 1 aliphatic rings. The second-order valence-electron chi connectivity index (χ2n) is 2.80. The lowest BCUT2D eigenvalue weighted by atomic mass is 10.4. The number of unbranched alkanes of at least 4 members (excludes halogenated alkanes) is 1. The van der Waals surface area contributed by atoms with Crippen LogP contribution in [0.2, 0.25) is 0 Å². The highest BCUT2D eigenvalue weighted by atomic mass is 16.7. The van der Waals surface area contributed by atoms with Gasteiger partial charge in [0.1, 0.15) is 6.67 Å². The second-order valence-corrected chi connectivity index (χ2v) is 2.80. The predicted molar refractivity (Wildman–Crippen MR) is 44.5 cm³/mol. The zero-order chi connectivity index (χ0) is 8.10. The Bertz CT molecular complexity index is 136. The molecule has 0 aromatic rings. The normalized spacial score (nSPS) is 16.5. The van der Waals surface area contributed by atoms with Gasteiger partial charge < -0.3 is 4.90 Å². The highest BCUT2D eigenvalue weighted by Gasteiger charge is 2.07. The fourth-order valence-electron chi connectivity index (χ4n) is 0.912. The van der Waals surface area contributed by atoms with Gasteiger partial charge in [-0.05, 0) is 6.42 Å². The molecule has 0 amide bonds. The molecule has 3 heteroatoms. The average molecular weight is 156 g/mol. The topological polar surface area (TPSA) is 15.7 Å². The van der Waals surface area contributed by atoms with Gasteiger partial charge in [0.15, 0.2) is 0 Å². The Kier molecular flexibility index (Phi) is 3.23. The van der Waals surface area contributed by atoms with Gasteiger partial charge in [-0.1, -0.05) is 13.3 Å². The van der Waals surface area contributed by atoms with Crippen molar-refractivity contribution in [3.05, 3.63) is 12.4 Å². The first kappa shape index (κ1) is 8.40. The van der Waals surface area contributed by atoms with Gasteiger partial charge in [0.25, 0.3) is 0 Å². The highest BCUT2D eigenvalue weighted by Crippen LogP contribution is 2.04. The molecule has 0 spiro atoms. The van der Waals surface area contributed by atoms with Crippen LogP contribution in [0, 0.1) is 0 Å². The number of hydroxylamine groups is 2. The van der Waals surface area contributed by atoms with E-state index in [1.54, 1.807) is 0 Å². The fourth-order valence-corrected chi connectivity index (χ4v) is 0.912. The lowest BCUT2D eigenvalue weighted by Gasteiger charge is -2.16. The van der Waals surface area contributed by atoms with E-state index in [9.17, 15) is 0 Å². The Morgan fingerprint density at radius 3 is 2.82 bits per heavy atom. The van der Waals surface area contributed by atoms with Gasteiger partial charge in [-0.2, -0.15) is 0 Å². The minimum atomic E-state index is 0.828. The Morgan fingerprint density at radius 2 is 2.27 bits per heavy atom. The summed E-state index contributed by atoms with van der Waals surface area (Å²) in [5.41, 5.74) is 0. The van der Waals surface area contributed by atoms with E-state index < -0.39 is 0 Å². The molecule has 0 aromatic carbocycles. The van der Waals surface area contributed by atoms with Crippen LogP contribution in [-0.2, 0) is 4.84 Å². The first-order valence-corrected chi connectivity index (χ1v) is 4.11. The maximum absolute atomic E-state index is 5.42. The van der Waals surface area contributed by atoms with E-state index in [0.29, 0.717) is 0 Å². The third-order valence-electron chi connectivity index (χ3n) is 1.60. The molecule has 0 aromatic heterocycles. The monoisotopic (exact) mass is 156 g/mol. The van der Waals surface area contributed by atoms with Crippen LogP contribution in [0.15, 0.2) is 12.4 Å². The Hall–Kier alpha value is -0.700. The Labute approximate surface area is 68.2 Å². The molecule has 1 heterocycles. The summed E-state index contributed by atoms with van der Waals surface area (Å²) in [4.78, 5) is 7.49. The van der Waals surface area contributed by atoms with Crippen molar-refractivity contribution in [2.24, 2.45) is 0 Å². The molecular weight excluding hydrogens is 140 g/mol. The minimum Gasteiger partial charge on any atom is -0.360 e. The summed E-state index contributed by atoms with van der Waals surface area (Å²) in [6, 6.07) is 0. The molecule has 1 rings (SSSR count). The molecule has 0 unspecified atom stereocenters. The van der Waals surface area contributed by atoms with Gasteiger partial charge in [-0.3, -0.25) is 4.84 Å². The molecular formula is C8H16N2O. The van der Waals surface area contributed by atoms with E-state index in [1.165, 1.54) is 6.42 Å². The summed E-state index contributed by atoms with van der Waals surface area (Å²) in [6.45, 7) is 3.84.